The third-order valence-corrected chi connectivity index (χ3v) is 3.65. The summed E-state index contributed by atoms with van der Waals surface area (Å²) in [5.41, 5.74) is 5.70. The third-order valence-electron chi connectivity index (χ3n) is 2.49. The van der Waals surface area contributed by atoms with E-state index in [2.05, 4.69) is 5.32 Å². The molecule has 3 nitrogen and oxygen atoms in total. The highest BCUT2D eigenvalue weighted by molar-refractivity contribution is 7.99. The average molecular weight is 216 g/mol. The van der Waals surface area contributed by atoms with E-state index in [1.807, 2.05) is 32.5 Å². The number of hydrogen-bond donors (Lipinski definition) is 2. The lowest BCUT2D eigenvalue weighted by molar-refractivity contribution is -0.125. The summed E-state index contributed by atoms with van der Waals surface area (Å²) in [6, 6.07) is -0.0750. The maximum Gasteiger partial charge on any atom is 0.237 e. The maximum absolute atomic E-state index is 11.7. The first kappa shape index (κ1) is 11.9. The van der Waals surface area contributed by atoms with Crippen LogP contribution in [0.25, 0.3) is 0 Å². The summed E-state index contributed by atoms with van der Waals surface area (Å²) in [5.74, 6) is 2.17. The van der Waals surface area contributed by atoms with Crippen molar-refractivity contribution in [2.45, 2.75) is 39.3 Å². The molecule has 1 rings (SSSR count). The van der Waals surface area contributed by atoms with E-state index in [-0.39, 0.29) is 11.3 Å². The van der Waals surface area contributed by atoms with Gasteiger partial charge in [-0.25, -0.2) is 0 Å². The van der Waals surface area contributed by atoms with E-state index in [4.69, 9.17) is 5.73 Å². The van der Waals surface area contributed by atoms with E-state index in [1.165, 1.54) is 0 Å². The fraction of sp³-hybridized carbons (Fsp3) is 0.900. The van der Waals surface area contributed by atoms with E-state index in [9.17, 15) is 4.79 Å². The van der Waals surface area contributed by atoms with Crippen molar-refractivity contribution in [1.82, 2.24) is 5.32 Å². The number of nitrogens with two attached hydrogens (primary N) is 1. The Balaban J connectivity index is 2.41. The van der Waals surface area contributed by atoms with E-state index < -0.39 is 6.04 Å². The van der Waals surface area contributed by atoms with Crippen LogP contribution in [0.2, 0.25) is 0 Å². The molecule has 1 aliphatic rings. The zero-order valence-corrected chi connectivity index (χ0v) is 9.99. The first-order chi connectivity index (χ1) is 6.41. The molecular weight excluding hydrogens is 196 g/mol. The van der Waals surface area contributed by atoms with Gasteiger partial charge in [0.05, 0.1) is 6.04 Å². The second kappa shape index (κ2) is 4.53. The largest absolute Gasteiger partial charge is 0.351 e. The quantitative estimate of drug-likeness (QED) is 0.723. The van der Waals surface area contributed by atoms with Crippen molar-refractivity contribution in [2.75, 3.05) is 11.5 Å². The standard InChI is InChI=1S/C10H20N2OS/c1-10(2,3)8(11)9(13)12-7-4-5-14-6-7/h7-8H,4-6,11H2,1-3H3,(H,12,13). The van der Waals surface area contributed by atoms with Crippen molar-refractivity contribution in [2.24, 2.45) is 11.1 Å². The van der Waals surface area contributed by atoms with Gasteiger partial charge < -0.3 is 11.1 Å². The predicted molar refractivity (Wildman–Crippen MR) is 61.3 cm³/mol. The van der Waals surface area contributed by atoms with Crippen LogP contribution >= 0.6 is 11.8 Å². The zero-order chi connectivity index (χ0) is 10.8. The van der Waals surface area contributed by atoms with Crippen LogP contribution in [0.5, 0.6) is 0 Å². The summed E-state index contributed by atoms with van der Waals surface area (Å²) in [4.78, 5) is 11.7. The first-order valence-electron chi connectivity index (χ1n) is 5.05. The molecule has 0 spiro atoms. The molecule has 2 unspecified atom stereocenters. The van der Waals surface area contributed by atoms with Crippen molar-refractivity contribution in [3.05, 3.63) is 0 Å². The van der Waals surface area contributed by atoms with Gasteiger partial charge in [-0.05, 0) is 17.6 Å². The third kappa shape index (κ3) is 3.17. The lowest BCUT2D eigenvalue weighted by Gasteiger charge is -2.27. The molecule has 4 heteroatoms. The van der Waals surface area contributed by atoms with Gasteiger partial charge in [-0.3, -0.25) is 4.79 Å². The van der Waals surface area contributed by atoms with Crippen LogP contribution in [0.3, 0.4) is 0 Å². The van der Waals surface area contributed by atoms with Crippen molar-refractivity contribution in [3.63, 3.8) is 0 Å². The molecule has 0 bridgehead atoms. The molecule has 3 N–H and O–H groups in total. The molecule has 14 heavy (non-hydrogen) atoms. The van der Waals surface area contributed by atoms with Gasteiger partial charge in [0.1, 0.15) is 0 Å². The van der Waals surface area contributed by atoms with Crippen molar-refractivity contribution >= 4 is 17.7 Å². The Morgan fingerprint density at radius 3 is 2.64 bits per heavy atom. The summed E-state index contributed by atoms with van der Waals surface area (Å²) in [6.07, 6.45) is 1.08. The van der Waals surface area contributed by atoms with Gasteiger partial charge in [0.15, 0.2) is 0 Å². The molecule has 0 aromatic heterocycles. The molecule has 2 atom stereocenters. The van der Waals surface area contributed by atoms with Crippen molar-refractivity contribution in [3.8, 4) is 0 Å². The Morgan fingerprint density at radius 2 is 2.21 bits per heavy atom. The average Bonchev–Trinajstić information content (AvgIpc) is 2.53. The number of thioether (sulfide) groups is 1. The van der Waals surface area contributed by atoms with E-state index in [0.29, 0.717) is 6.04 Å². The summed E-state index contributed by atoms with van der Waals surface area (Å²) in [6.45, 7) is 5.96. The normalized spacial score (nSPS) is 24.7. The lowest BCUT2D eigenvalue weighted by Crippen LogP contribution is -2.51. The molecule has 0 radical (unpaired) electrons. The monoisotopic (exact) mass is 216 g/mol. The molecule has 0 aromatic rings. The van der Waals surface area contributed by atoms with Gasteiger partial charge in [-0.15, -0.1) is 0 Å². The number of nitrogens with one attached hydrogen (secondary N) is 1. The Labute approximate surface area is 90.2 Å². The molecule has 1 heterocycles. The SMILES string of the molecule is CC(C)(C)C(N)C(=O)NC1CCSC1. The molecule has 82 valence electrons. The van der Waals surface area contributed by atoms with Crippen LogP contribution in [0.4, 0.5) is 0 Å². The van der Waals surface area contributed by atoms with E-state index >= 15 is 0 Å². The van der Waals surface area contributed by atoms with Gasteiger partial charge in [0.25, 0.3) is 0 Å². The van der Waals surface area contributed by atoms with Gasteiger partial charge in [0.2, 0.25) is 5.91 Å². The maximum atomic E-state index is 11.7. The number of hydrogen-bond acceptors (Lipinski definition) is 3. The van der Waals surface area contributed by atoms with Crippen LogP contribution in [-0.2, 0) is 4.79 Å². The second-order valence-corrected chi connectivity index (χ2v) is 6.06. The second-order valence-electron chi connectivity index (χ2n) is 4.91. The summed E-state index contributed by atoms with van der Waals surface area (Å²) in [5, 5.41) is 3.00. The Morgan fingerprint density at radius 1 is 1.57 bits per heavy atom. The number of carbonyl (C=O) groups is 1. The highest BCUT2D eigenvalue weighted by atomic mass is 32.2. The zero-order valence-electron chi connectivity index (χ0n) is 9.17. The highest BCUT2D eigenvalue weighted by Crippen LogP contribution is 2.20. The van der Waals surface area contributed by atoms with E-state index in [0.717, 1.165) is 17.9 Å². The minimum Gasteiger partial charge on any atom is -0.351 e. The van der Waals surface area contributed by atoms with Gasteiger partial charge in [-0.1, -0.05) is 20.8 Å². The Bertz CT molecular complexity index is 207. The molecular formula is C10H20N2OS. The summed E-state index contributed by atoms with van der Waals surface area (Å²) < 4.78 is 0. The molecule has 1 amide bonds. The van der Waals surface area contributed by atoms with E-state index in [1.54, 1.807) is 0 Å². The summed E-state index contributed by atoms with van der Waals surface area (Å²) >= 11 is 1.89. The van der Waals surface area contributed by atoms with Crippen LogP contribution < -0.4 is 11.1 Å². The molecule has 1 fully saturated rings. The van der Waals surface area contributed by atoms with Crippen molar-refractivity contribution in [1.29, 1.82) is 0 Å². The molecule has 1 aliphatic heterocycles. The fourth-order valence-corrected chi connectivity index (χ4v) is 2.48. The lowest BCUT2D eigenvalue weighted by atomic mass is 9.87. The Kier molecular flexibility index (Phi) is 3.84. The highest BCUT2D eigenvalue weighted by Gasteiger charge is 2.29. The van der Waals surface area contributed by atoms with Gasteiger partial charge in [0, 0.05) is 11.8 Å². The van der Waals surface area contributed by atoms with Crippen molar-refractivity contribution < 1.29 is 4.79 Å². The first-order valence-corrected chi connectivity index (χ1v) is 6.20. The number of rotatable bonds is 2. The minimum atomic E-state index is -0.409. The van der Waals surface area contributed by atoms with Crippen LogP contribution in [-0.4, -0.2) is 29.5 Å². The topological polar surface area (TPSA) is 55.1 Å². The smallest absolute Gasteiger partial charge is 0.237 e. The molecule has 0 aromatic carbocycles. The fourth-order valence-electron chi connectivity index (χ4n) is 1.33. The van der Waals surface area contributed by atoms with Gasteiger partial charge >= 0.3 is 0 Å². The van der Waals surface area contributed by atoms with Gasteiger partial charge in [-0.2, -0.15) is 11.8 Å². The van der Waals surface area contributed by atoms with Crippen LogP contribution in [0.15, 0.2) is 0 Å². The predicted octanol–water partition coefficient (Wildman–Crippen LogP) is 0.982. The summed E-state index contributed by atoms with van der Waals surface area (Å²) in [7, 11) is 0. The molecule has 1 saturated heterocycles. The minimum absolute atomic E-state index is 0.00926. The van der Waals surface area contributed by atoms with Crippen LogP contribution in [0, 0.1) is 5.41 Å². The number of carbonyl (C=O) groups excluding carboxylic acids is 1. The number of amides is 1. The van der Waals surface area contributed by atoms with Crippen LogP contribution in [0.1, 0.15) is 27.2 Å². The molecule has 0 aliphatic carbocycles. The molecule has 0 saturated carbocycles. The Hall–Kier alpha value is -0.220.